The number of piperidine rings is 1. The number of primary amides is 1. The van der Waals surface area contributed by atoms with Gasteiger partial charge in [0, 0.05) is 19.1 Å². The Labute approximate surface area is 94.8 Å². The lowest BCUT2D eigenvalue weighted by atomic mass is 10.0. The van der Waals surface area contributed by atoms with Crippen LogP contribution in [0.3, 0.4) is 0 Å². The molecule has 3 amide bonds. The summed E-state index contributed by atoms with van der Waals surface area (Å²) in [6.07, 6.45) is 1.60. The van der Waals surface area contributed by atoms with E-state index in [-0.39, 0.29) is 11.9 Å². The van der Waals surface area contributed by atoms with E-state index in [1.54, 1.807) is 4.90 Å². The number of hydrogen-bond acceptors (Lipinski definition) is 3. The molecular weight excluding hydrogens is 210 g/mol. The zero-order chi connectivity index (χ0) is 12.3. The summed E-state index contributed by atoms with van der Waals surface area (Å²) in [6, 6.07) is -0.694. The van der Waals surface area contributed by atoms with Crippen LogP contribution in [0.2, 0.25) is 0 Å². The fraction of sp³-hybridized carbons (Fsp3) is 0.800. The molecule has 0 aromatic carbocycles. The number of nitrogens with one attached hydrogen (secondary N) is 1. The van der Waals surface area contributed by atoms with E-state index in [1.165, 1.54) is 13.8 Å². The summed E-state index contributed by atoms with van der Waals surface area (Å²) in [4.78, 5) is 24.0. The van der Waals surface area contributed by atoms with E-state index in [9.17, 15) is 14.7 Å². The molecule has 0 aliphatic carbocycles. The largest absolute Gasteiger partial charge is 0.381 e. The molecule has 0 aromatic rings. The summed E-state index contributed by atoms with van der Waals surface area (Å²) < 4.78 is 0. The Morgan fingerprint density at radius 2 is 2.12 bits per heavy atom. The van der Waals surface area contributed by atoms with E-state index in [4.69, 9.17) is 5.73 Å². The van der Waals surface area contributed by atoms with E-state index in [0.717, 1.165) is 12.8 Å². The van der Waals surface area contributed by atoms with Crippen molar-refractivity contribution >= 4 is 11.9 Å². The number of hydrogen-bond donors (Lipinski definition) is 3. The normalized spacial score (nSPS) is 21.7. The fourth-order valence-electron chi connectivity index (χ4n) is 1.87. The van der Waals surface area contributed by atoms with Crippen LogP contribution in [0.4, 0.5) is 4.79 Å². The van der Waals surface area contributed by atoms with Gasteiger partial charge in [0.1, 0.15) is 5.60 Å². The van der Waals surface area contributed by atoms with Crippen LogP contribution in [-0.4, -0.2) is 46.7 Å². The summed E-state index contributed by atoms with van der Waals surface area (Å²) in [5.74, 6) is -0.316. The van der Waals surface area contributed by atoms with Crippen molar-refractivity contribution in [3.63, 3.8) is 0 Å². The topological polar surface area (TPSA) is 95.7 Å². The van der Waals surface area contributed by atoms with E-state index in [1.807, 2.05) is 0 Å². The molecular formula is C10H19N3O3. The second kappa shape index (κ2) is 4.69. The maximum atomic E-state index is 11.8. The molecule has 16 heavy (non-hydrogen) atoms. The number of urea groups is 1. The first-order valence-electron chi connectivity index (χ1n) is 5.38. The first kappa shape index (κ1) is 12.8. The van der Waals surface area contributed by atoms with Gasteiger partial charge in [-0.1, -0.05) is 0 Å². The zero-order valence-electron chi connectivity index (χ0n) is 9.69. The van der Waals surface area contributed by atoms with Gasteiger partial charge >= 0.3 is 6.03 Å². The Bertz CT molecular complexity index is 286. The van der Waals surface area contributed by atoms with Crippen LogP contribution in [0.5, 0.6) is 0 Å². The molecule has 6 heteroatoms. The molecule has 1 aliphatic heterocycles. The Morgan fingerprint density at radius 3 is 2.62 bits per heavy atom. The highest BCUT2D eigenvalue weighted by molar-refractivity contribution is 5.84. The van der Waals surface area contributed by atoms with Crippen LogP contribution in [0.1, 0.15) is 26.7 Å². The third-order valence-electron chi connectivity index (χ3n) is 2.58. The van der Waals surface area contributed by atoms with Gasteiger partial charge in [0.25, 0.3) is 5.91 Å². The molecule has 1 rings (SSSR count). The van der Waals surface area contributed by atoms with Crippen molar-refractivity contribution in [3.8, 4) is 0 Å². The van der Waals surface area contributed by atoms with Crippen molar-refractivity contribution in [2.45, 2.75) is 38.3 Å². The monoisotopic (exact) mass is 229 g/mol. The van der Waals surface area contributed by atoms with Crippen LogP contribution in [0.15, 0.2) is 0 Å². The molecule has 0 spiro atoms. The molecule has 0 bridgehead atoms. The summed E-state index contributed by atoms with van der Waals surface area (Å²) in [5.41, 5.74) is 3.66. The summed E-state index contributed by atoms with van der Waals surface area (Å²) in [7, 11) is 0. The lowest BCUT2D eigenvalue weighted by Gasteiger charge is -2.35. The second-order valence-electron chi connectivity index (χ2n) is 4.66. The van der Waals surface area contributed by atoms with E-state index in [2.05, 4.69) is 5.32 Å². The van der Waals surface area contributed by atoms with Gasteiger partial charge in [0.15, 0.2) is 0 Å². The molecule has 1 saturated heterocycles. The molecule has 6 nitrogen and oxygen atoms in total. The Hall–Kier alpha value is -1.30. The van der Waals surface area contributed by atoms with Gasteiger partial charge < -0.3 is 21.1 Å². The molecule has 1 atom stereocenters. The number of carbonyl (C=O) groups excluding carboxylic acids is 2. The van der Waals surface area contributed by atoms with E-state index in [0.29, 0.717) is 13.1 Å². The number of carbonyl (C=O) groups is 2. The standard InChI is InChI=1S/C10H19N3O3/c1-10(2,16)8(14)13-5-3-4-7(6-13)12-9(11)15/h7,16H,3-6H2,1-2H3,(H3,11,12,15)/t7-/m1/s1. The van der Waals surface area contributed by atoms with Gasteiger partial charge in [-0.15, -0.1) is 0 Å². The summed E-state index contributed by atoms with van der Waals surface area (Å²) in [6.45, 7) is 3.94. The highest BCUT2D eigenvalue weighted by atomic mass is 16.3. The van der Waals surface area contributed by atoms with Gasteiger partial charge in [0.05, 0.1) is 0 Å². The first-order chi connectivity index (χ1) is 7.30. The fourth-order valence-corrected chi connectivity index (χ4v) is 1.87. The van der Waals surface area contributed by atoms with E-state index >= 15 is 0 Å². The average molecular weight is 229 g/mol. The van der Waals surface area contributed by atoms with Gasteiger partial charge in [-0.25, -0.2) is 4.79 Å². The number of nitrogens with two attached hydrogens (primary N) is 1. The number of rotatable bonds is 2. The smallest absolute Gasteiger partial charge is 0.312 e. The minimum Gasteiger partial charge on any atom is -0.381 e. The highest BCUT2D eigenvalue weighted by Gasteiger charge is 2.32. The molecule has 4 N–H and O–H groups in total. The number of aliphatic hydroxyl groups is 1. The van der Waals surface area contributed by atoms with Crippen molar-refractivity contribution in [1.82, 2.24) is 10.2 Å². The first-order valence-corrected chi connectivity index (χ1v) is 5.38. The zero-order valence-corrected chi connectivity index (χ0v) is 9.69. The summed E-state index contributed by atoms with van der Waals surface area (Å²) >= 11 is 0. The average Bonchev–Trinajstić information content (AvgIpc) is 2.14. The molecule has 1 heterocycles. The van der Waals surface area contributed by atoms with Crippen LogP contribution >= 0.6 is 0 Å². The Kier molecular flexibility index (Phi) is 3.74. The quantitative estimate of drug-likeness (QED) is 0.591. The molecule has 0 aromatic heterocycles. The van der Waals surface area contributed by atoms with Gasteiger partial charge in [-0.05, 0) is 26.7 Å². The molecule has 1 fully saturated rings. The molecule has 0 unspecified atom stereocenters. The minimum atomic E-state index is -1.37. The molecule has 0 radical (unpaired) electrons. The highest BCUT2D eigenvalue weighted by Crippen LogP contribution is 2.15. The maximum Gasteiger partial charge on any atom is 0.312 e. The van der Waals surface area contributed by atoms with Crippen molar-refractivity contribution in [1.29, 1.82) is 0 Å². The van der Waals surface area contributed by atoms with Crippen molar-refractivity contribution in [2.24, 2.45) is 5.73 Å². The van der Waals surface area contributed by atoms with Crippen molar-refractivity contribution < 1.29 is 14.7 Å². The number of likely N-dealkylation sites (tertiary alicyclic amines) is 1. The number of amides is 3. The third-order valence-corrected chi connectivity index (χ3v) is 2.58. The lowest BCUT2D eigenvalue weighted by Crippen LogP contribution is -2.54. The Balaban J connectivity index is 2.57. The molecule has 0 saturated carbocycles. The van der Waals surface area contributed by atoms with E-state index < -0.39 is 11.6 Å². The molecule has 1 aliphatic rings. The lowest BCUT2D eigenvalue weighted by molar-refractivity contribution is -0.149. The van der Waals surface area contributed by atoms with Crippen molar-refractivity contribution in [3.05, 3.63) is 0 Å². The number of nitrogens with zero attached hydrogens (tertiary/aromatic N) is 1. The second-order valence-corrected chi connectivity index (χ2v) is 4.66. The summed E-state index contributed by atoms with van der Waals surface area (Å²) in [5, 5.41) is 12.2. The molecule has 92 valence electrons. The predicted molar refractivity (Wildman–Crippen MR) is 58.6 cm³/mol. The predicted octanol–water partition coefficient (Wildman–Crippen LogP) is -0.583. The van der Waals surface area contributed by atoms with Gasteiger partial charge in [-0.2, -0.15) is 0 Å². The SMILES string of the molecule is CC(C)(O)C(=O)N1CCC[C@@H](NC(N)=O)C1. The van der Waals surface area contributed by atoms with Crippen LogP contribution in [0, 0.1) is 0 Å². The maximum absolute atomic E-state index is 11.8. The van der Waals surface area contributed by atoms with Crippen molar-refractivity contribution in [2.75, 3.05) is 13.1 Å². The minimum absolute atomic E-state index is 0.113. The third kappa shape index (κ3) is 3.37. The van der Waals surface area contributed by atoms with Crippen LogP contribution in [0.25, 0.3) is 0 Å². The van der Waals surface area contributed by atoms with Gasteiger partial charge in [-0.3, -0.25) is 4.79 Å². The van der Waals surface area contributed by atoms with Crippen LogP contribution in [-0.2, 0) is 4.79 Å². The van der Waals surface area contributed by atoms with Gasteiger partial charge in [0.2, 0.25) is 0 Å². The van der Waals surface area contributed by atoms with Crippen LogP contribution < -0.4 is 11.1 Å². The Morgan fingerprint density at radius 1 is 1.50 bits per heavy atom.